The molecule has 0 fully saturated rings. The minimum Gasteiger partial charge on any atom is -0.252 e. The second-order valence-corrected chi connectivity index (χ2v) is 7.48. The monoisotopic (exact) mass is 318 g/mol. The van der Waals surface area contributed by atoms with Crippen molar-refractivity contribution in [3.8, 4) is 0 Å². The summed E-state index contributed by atoms with van der Waals surface area (Å²) in [6.45, 7) is 4.11. The summed E-state index contributed by atoms with van der Waals surface area (Å²) in [6, 6.07) is 1.95. The average molecular weight is 319 g/mol. The normalized spacial score (nSPS) is 13.5. The van der Waals surface area contributed by atoms with Crippen molar-refractivity contribution in [2.24, 2.45) is 5.92 Å². The van der Waals surface area contributed by atoms with Gasteiger partial charge in [0.25, 0.3) is 0 Å². The number of hydrogen-bond acceptors (Lipinski definition) is 4. The fourth-order valence-electron chi connectivity index (χ4n) is 1.25. The molecule has 2 rings (SSSR count). The van der Waals surface area contributed by atoms with Crippen LogP contribution >= 0.6 is 27.3 Å². The molecule has 16 heavy (non-hydrogen) atoms. The summed E-state index contributed by atoms with van der Waals surface area (Å²) in [4.78, 5) is 8.47. The molecule has 2 aromatic rings. The summed E-state index contributed by atoms with van der Waals surface area (Å²) >= 11 is 4.82. The molecule has 0 saturated carbocycles. The predicted octanol–water partition coefficient (Wildman–Crippen LogP) is 3.22. The van der Waals surface area contributed by atoms with Crippen LogP contribution in [0.3, 0.4) is 0 Å². The van der Waals surface area contributed by atoms with Gasteiger partial charge in [-0.05, 0) is 27.9 Å². The smallest absolute Gasteiger partial charge is 0.183 e. The lowest BCUT2D eigenvalue weighted by Gasteiger charge is -2.00. The van der Waals surface area contributed by atoms with E-state index < -0.39 is 10.8 Å². The second-order valence-electron chi connectivity index (χ2n) is 3.86. The van der Waals surface area contributed by atoms with Crippen LogP contribution in [-0.4, -0.2) is 19.9 Å². The Morgan fingerprint density at radius 1 is 1.56 bits per heavy atom. The van der Waals surface area contributed by atoms with Gasteiger partial charge in [0.1, 0.15) is 0 Å². The van der Waals surface area contributed by atoms with E-state index in [1.165, 1.54) is 11.3 Å². The van der Waals surface area contributed by atoms with E-state index in [2.05, 4.69) is 39.7 Å². The third-order valence-corrected chi connectivity index (χ3v) is 5.35. The number of rotatable bonds is 3. The molecule has 0 N–H and O–H groups in total. The summed E-state index contributed by atoms with van der Waals surface area (Å²) in [5.41, 5.74) is 0.681. The molecule has 0 radical (unpaired) electrons. The predicted molar refractivity (Wildman–Crippen MR) is 71.2 cm³/mol. The van der Waals surface area contributed by atoms with Crippen molar-refractivity contribution in [2.75, 3.05) is 5.75 Å². The van der Waals surface area contributed by atoms with Crippen LogP contribution in [0.25, 0.3) is 10.3 Å². The van der Waals surface area contributed by atoms with E-state index in [1.54, 1.807) is 6.20 Å². The van der Waals surface area contributed by atoms with Gasteiger partial charge in [-0.3, -0.25) is 4.21 Å². The van der Waals surface area contributed by atoms with Gasteiger partial charge >= 0.3 is 0 Å². The molecule has 0 bridgehead atoms. The van der Waals surface area contributed by atoms with Crippen molar-refractivity contribution in [3.63, 3.8) is 0 Å². The Hall–Kier alpha value is -0.330. The summed E-state index contributed by atoms with van der Waals surface area (Å²) in [6.07, 6.45) is 1.71. The van der Waals surface area contributed by atoms with Gasteiger partial charge in [0, 0.05) is 16.4 Å². The summed E-state index contributed by atoms with van der Waals surface area (Å²) in [5.74, 6) is 1.06. The fraction of sp³-hybridized carbons (Fsp3) is 0.400. The molecule has 0 aliphatic carbocycles. The number of pyridine rings is 1. The molecule has 2 heterocycles. The lowest BCUT2D eigenvalue weighted by Crippen LogP contribution is -2.04. The maximum Gasteiger partial charge on any atom is 0.183 e. The lowest BCUT2D eigenvalue weighted by atomic mass is 10.3. The van der Waals surface area contributed by atoms with Crippen molar-refractivity contribution in [3.05, 3.63) is 16.7 Å². The van der Waals surface area contributed by atoms with Crippen molar-refractivity contribution in [2.45, 2.75) is 18.2 Å². The quantitative estimate of drug-likeness (QED) is 0.872. The van der Waals surface area contributed by atoms with Gasteiger partial charge in [0.15, 0.2) is 9.99 Å². The minimum absolute atomic E-state index is 0.410. The Morgan fingerprint density at radius 2 is 2.31 bits per heavy atom. The highest BCUT2D eigenvalue weighted by molar-refractivity contribution is 9.10. The van der Waals surface area contributed by atoms with Crippen molar-refractivity contribution in [1.82, 2.24) is 9.97 Å². The van der Waals surface area contributed by atoms with Gasteiger partial charge in [-0.1, -0.05) is 13.8 Å². The van der Waals surface area contributed by atoms with Gasteiger partial charge in [-0.15, -0.1) is 11.3 Å². The molecule has 0 amide bonds. The van der Waals surface area contributed by atoms with Crippen molar-refractivity contribution >= 4 is 48.4 Å². The van der Waals surface area contributed by atoms with Crippen LogP contribution in [0.4, 0.5) is 0 Å². The Bertz CT molecular complexity index is 539. The van der Waals surface area contributed by atoms with Gasteiger partial charge in [0.05, 0.1) is 15.5 Å². The molecule has 0 aliphatic rings. The van der Waals surface area contributed by atoms with Crippen LogP contribution in [0.5, 0.6) is 0 Å². The zero-order valence-corrected chi connectivity index (χ0v) is 12.2. The average Bonchev–Trinajstić information content (AvgIpc) is 2.59. The molecule has 2 aromatic heterocycles. The second kappa shape index (κ2) is 4.89. The number of thiazole rings is 1. The lowest BCUT2D eigenvalue weighted by molar-refractivity contribution is 0.664. The molecular formula is C10H11BrN2OS2. The molecule has 0 saturated heterocycles. The Morgan fingerprint density at radius 3 is 3.00 bits per heavy atom. The SMILES string of the molecule is CC(C)C[S@@](=O)c1nc2ncc(Br)cc2s1. The zero-order valence-electron chi connectivity index (χ0n) is 8.94. The first-order valence-corrected chi connectivity index (χ1v) is 7.79. The summed E-state index contributed by atoms with van der Waals surface area (Å²) in [5, 5.41) is 0. The van der Waals surface area contributed by atoms with Gasteiger partial charge in [-0.25, -0.2) is 9.97 Å². The van der Waals surface area contributed by atoms with E-state index in [0.717, 1.165) is 9.17 Å². The molecule has 0 unspecified atom stereocenters. The third kappa shape index (κ3) is 2.67. The summed E-state index contributed by atoms with van der Waals surface area (Å²) < 4.78 is 14.5. The molecule has 6 heteroatoms. The molecule has 1 atom stereocenters. The third-order valence-electron chi connectivity index (χ3n) is 1.87. The molecule has 0 aliphatic heterocycles. The highest BCUT2D eigenvalue weighted by atomic mass is 79.9. The fourth-order valence-corrected chi connectivity index (χ4v) is 4.21. The van der Waals surface area contributed by atoms with E-state index in [1.807, 2.05) is 6.07 Å². The number of hydrogen-bond donors (Lipinski definition) is 0. The molecule has 86 valence electrons. The van der Waals surface area contributed by atoms with E-state index in [4.69, 9.17) is 0 Å². The topological polar surface area (TPSA) is 42.9 Å². The molecule has 0 spiro atoms. The Balaban J connectivity index is 2.36. The van der Waals surface area contributed by atoms with Crippen molar-refractivity contribution in [1.29, 1.82) is 0 Å². The Labute approximate surface area is 109 Å². The Kier molecular flexibility index (Phi) is 3.71. The van der Waals surface area contributed by atoms with Crippen LogP contribution in [0.2, 0.25) is 0 Å². The van der Waals surface area contributed by atoms with Crippen LogP contribution in [0.1, 0.15) is 13.8 Å². The highest BCUT2D eigenvalue weighted by Crippen LogP contribution is 2.26. The first-order valence-electron chi connectivity index (χ1n) is 4.86. The van der Waals surface area contributed by atoms with E-state index in [-0.39, 0.29) is 0 Å². The van der Waals surface area contributed by atoms with Gasteiger partial charge in [-0.2, -0.15) is 0 Å². The minimum atomic E-state index is -1.00. The standard InChI is InChI=1S/C10H11BrN2OS2/c1-6(2)5-16(14)10-13-9-8(15-10)3-7(11)4-12-9/h3-4,6H,5H2,1-2H3/t16-/m1/s1. The largest absolute Gasteiger partial charge is 0.252 e. The van der Waals surface area contributed by atoms with Gasteiger partial charge < -0.3 is 0 Å². The first kappa shape index (κ1) is 12.1. The summed E-state index contributed by atoms with van der Waals surface area (Å²) in [7, 11) is -1.00. The van der Waals surface area contributed by atoms with Crippen LogP contribution < -0.4 is 0 Å². The molecular weight excluding hydrogens is 308 g/mol. The molecule has 3 nitrogen and oxygen atoms in total. The van der Waals surface area contributed by atoms with Gasteiger partial charge in [0.2, 0.25) is 0 Å². The van der Waals surface area contributed by atoms with Crippen LogP contribution in [-0.2, 0) is 10.8 Å². The highest BCUT2D eigenvalue weighted by Gasteiger charge is 2.12. The number of nitrogens with zero attached hydrogens (tertiary/aromatic N) is 2. The van der Waals surface area contributed by atoms with Crippen LogP contribution in [0, 0.1) is 5.92 Å². The zero-order chi connectivity index (χ0) is 11.7. The maximum absolute atomic E-state index is 11.9. The number of fused-ring (bicyclic) bond motifs is 1. The first-order chi connectivity index (χ1) is 7.56. The maximum atomic E-state index is 11.9. The number of halogens is 1. The van der Waals surface area contributed by atoms with E-state index in [0.29, 0.717) is 21.7 Å². The van der Waals surface area contributed by atoms with E-state index in [9.17, 15) is 4.21 Å². The number of aromatic nitrogens is 2. The molecule has 0 aromatic carbocycles. The van der Waals surface area contributed by atoms with E-state index >= 15 is 0 Å². The van der Waals surface area contributed by atoms with Crippen LogP contribution in [0.15, 0.2) is 21.1 Å². The van der Waals surface area contributed by atoms with Crippen molar-refractivity contribution < 1.29 is 4.21 Å².